The molecule has 1 aromatic carbocycles. The van der Waals surface area contributed by atoms with Gasteiger partial charge in [0.1, 0.15) is 0 Å². The van der Waals surface area contributed by atoms with Crippen molar-refractivity contribution < 1.29 is 9.47 Å². The van der Waals surface area contributed by atoms with E-state index in [0.717, 1.165) is 51.5 Å². The van der Waals surface area contributed by atoms with Gasteiger partial charge in [0.05, 0.1) is 12.2 Å². The van der Waals surface area contributed by atoms with E-state index >= 15 is 0 Å². The van der Waals surface area contributed by atoms with E-state index in [1.165, 1.54) is 11.1 Å². The van der Waals surface area contributed by atoms with E-state index in [1.807, 2.05) is 0 Å². The number of hydrogen-bond donors (Lipinski definition) is 2. The number of aryl methyl sites for hydroxylation is 1. The summed E-state index contributed by atoms with van der Waals surface area (Å²) in [6.45, 7) is 12.3. The Morgan fingerprint density at radius 2 is 1.93 bits per heavy atom. The molecule has 29 heavy (non-hydrogen) atoms. The van der Waals surface area contributed by atoms with Crippen LogP contribution >= 0.6 is 0 Å². The first kappa shape index (κ1) is 20.7. The van der Waals surface area contributed by atoms with E-state index in [2.05, 4.69) is 62.6 Å². The second-order valence-corrected chi connectivity index (χ2v) is 9.51. The van der Waals surface area contributed by atoms with Gasteiger partial charge in [-0.25, -0.2) is 0 Å². The van der Waals surface area contributed by atoms with Gasteiger partial charge in [-0.2, -0.15) is 0 Å². The predicted molar refractivity (Wildman–Crippen MR) is 117 cm³/mol. The molecular weight excluding hydrogens is 362 g/mol. The van der Waals surface area contributed by atoms with Crippen molar-refractivity contribution in [1.82, 2.24) is 10.6 Å². The number of ether oxygens (including phenoxy) is 2. The van der Waals surface area contributed by atoms with Crippen LogP contribution in [0.4, 0.5) is 0 Å². The molecule has 3 fully saturated rings. The second-order valence-electron chi connectivity index (χ2n) is 9.51. The summed E-state index contributed by atoms with van der Waals surface area (Å²) >= 11 is 0. The molecule has 2 heterocycles. The zero-order chi connectivity index (χ0) is 20.4. The van der Waals surface area contributed by atoms with Crippen LogP contribution in [0.25, 0.3) is 0 Å². The van der Waals surface area contributed by atoms with Crippen molar-refractivity contribution >= 4 is 5.96 Å². The van der Waals surface area contributed by atoms with Crippen molar-refractivity contribution in [2.24, 2.45) is 22.2 Å². The van der Waals surface area contributed by atoms with Crippen LogP contribution in [0.3, 0.4) is 0 Å². The Labute approximate surface area is 175 Å². The fraction of sp³-hybridized carbons (Fsp3) is 0.708. The van der Waals surface area contributed by atoms with Crippen molar-refractivity contribution in [3.63, 3.8) is 0 Å². The number of guanidine groups is 1. The van der Waals surface area contributed by atoms with E-state index in [1.54, 1.807) is 0 Å². The zero-order valence-corrected chi connectivity index (χ0v) is 18.4. The monoisotopic (exact) mass is 399 g/mol. The molecule has 2 saturated heterocycles. The summed E-state index contributed by atoms with van der Waals surface area (Å²) in [5.41, 5.74) is 2.71. The first-order valence-corrected chi connectivity index (χ1v) is 11.4. The van der Waals surface area contributed by atoms with Crippen molar-refractivity contribution in [2.75, 3.05) is 26.3 Å². The summed E-state index contributed by atoms with van der Waals surface area (Å²) < 4.78 is 12.1. The van der Waals surface area contributed by atoms with Crippen LogP contribution in [-0.4, -0.2) is 44.4 Å². The molecule has 5 atom stereocenters. The van der Waals surface area contributed by atoms with Gasteiger partial charge in [0.25, 0.3) is 0 Å². The highest BCUT2D eigenvalue weighted by atomic mass is 16.5. The normalized spacial score (nSPS) is 33.7. The summed E-state index contributed by atoms with van der Waals surface area (Å²) in [4.78, 5) is 5.01. The Morgan fingerprint density at radius 1 is 1.14 bits per heavy atom. The average molecular weight is 400 g/mol. The van der Waals surface area contributed by atoms with Crippen molar-refractivity contribution in [3.8, 4) is 0 Å². The predicted octanol–water partition coefficient (Wildman–Crippen LogP) is 3.83. The van der Waals surface area contributed by atoms with Crippen LogP contribution in [0.2, 0.25) is 0 Å². The highest BCUT2D eigenvalue weighted by Gasteiger charge is 2.59. The Kier molecular flexibility index (Phi) is 6.16. The third kappa shape index (κ3) is 4.17. The summed E-state index contributed by atoms with van der Waals surface area (Å²) in [5, 5.41) is 7.19. The van der Waals surface area contributed by atoms with E-state index in [-0.39, 0.29) is 11.5 Å². The molecule has 1 aromatic rings. The van der Waals surface area contributed by atoms with Crippen LogP contribution in [0, 0.1) is 24.2 Å². The number of aliphatic imine (C=N–C) groups is 1. The highest BCUT2D eigenvalue weighted by molar-refractivity contribution is 5.80. The molecule has 3 aliphatic rings. The van der Waals surface area contributed by atoms with Crippen LogP contribution in [-0.2, 0) is 9.47 Å². The smallest absolute Gasteiger partial charge is 0.191 e. The van der Waals surface area contributed by atoms with Crippen LogP contribution in [0.15, 0.2) is 29.3 Å². The molecule has 1 aliphatic carbocycles. The minimum Gasteiger partial charge on any atom is -0.377 e. The van der Waals surface area contributed by atoms with E-state index < -0.39 is 0 Å². The molecule has 0 aromatic heterocycles. The van der Waals surface area contributed by atoms with E-state index in [0.29, 0.717) is 24.0 Å². The van der Waals surface area contributed by atoms with E-state index in [4.69, 9.17) is 14.5 Å². The number of nitrogens with one attached hydrogen (secondary N) is 2. The Hall–Kier alpha value is -1.59. The highest BCUT2D eigenvalue weighted by Crippen LogP contribution is 2.52. The lowest BCUT2D eigenvalue weighted by Crippen LogP contribution is -2.68. The molecule has 2 N–H and O–H groups in total. The van der Waals surface area contributed by atoms with Crippen molar-refractivity contribution in [2.45, 2.75) is 65.2 Å². The van der Waals surface area contributed by atoms with Crippen LogP contribution < -0.4 is 10.6 Å². The Balaban J connectivity index is 1.44. The average Bonchev–Trinajstić information content (AvgIpc) is 3.18. The number of benzene rings is 1. The molecule has 4 rings (SSSR count). The summed E-state index contributed by atoms with van der Waals surface area (Å²) in [7, 11) is 0. The van der Waals surface area contributed by atoms with Gasteiger partial charge in [-0.15, -0.1) is 0 Å². The lowest BCUT2D eigenvalue weighted by atomic mass is 9.57. The van der Waals surface area contributed by atoms with Gasteiger partial charge in [-0.1, -0.05) is 43.7 Å². The second kappa shape index (κ2) is 8.65. The largest absolute Gasteiger partial charge is 0.377 e. The molecule has 5 unspecified atom stereocenters. The molecule has 5 heteroatoms. The maximum Gasteiger partial charge on any atom is 0.191 e. The topological polar surface area (TPSA) is 54.9 Å². The Morgan fingerprint density at radius 3 is 2.69 bits per heavy atom. The zero-order valence-electron chi connectivity index (χ0n) is 18.4. The number of rotatable bonds is 5. The van der Waals surface area contributed by atoms with Gasteiger partial charge >= 0.3 is 0 Å². The molecule has 0 spiro atoms. The standard InChI is InChI=1S/C24H37N3O2/c1-5-25-23(27-21-19-12-14-29-22(19)24(21,3)4)26-15-18-7-6-13-28-20(18)17-10-8-16(2)9-11-17/h8-11,18-22H,5-7,12-15H2,1-4H3,(H2,25,26,27). The lowest BCUT2D eigenvalue weighted by molar-refractivity contribution is -0.106. The maximum absolute atomic E-state index is 6.19. The number of fused-ring (bicyclic) bond motifs is 1. The molecule has 160 valence electrons. The van der Waals surface area contributed by atoms with Gasteiger partial charge in [0.2, 0.25) is 0 Å². The SMILES string of the molecule is CCNC(=NCC1CCCOC1c1ccc(C)cc1)NC1C2CCOC2C1(C)C. The molecule has 0 radical (unpaired) electrons. The summed E-state index contributed by atoms with van der Waals surface area (Å²) in [6.07, 6.45) is 3.96. The van der Waals surface area contributed by atoms with Gasteiger partial charge in [0, 0.05) is 49.6 Å². The lowest BCUT2D eigenvalue weighted by Gasteiger charge is -2.55. The van der Waals surface area contributed by atoms with Gasteiger partial charge in [-0.05, 0) is 38.7 Å². The third-order valence-corrected chi connectivity index (χ3v) is 7.07. The molecule has 0 amide bonds. The van der Waals surface area contributed by atoms with Gasteiger partial charge < -0.3 is 20.1 Å². The Bertz CT molecular complexity index is 715. The summed E-state index contributed by atoms with van der Waals surface area (Å²) in [5.74, 6) is 1.95. The molecule has 2 aliphatic heterocycles. The van der Waals surface area contributed by atoms with Crippen LogP contribution in [0.1, 0.15) is 57.3 Å². The quantitative estimate of drug-likeness (QED) is 0.584. The molecule has 5 nitrogen and oxygen atoms in total. The molecular formula is C24H37N3O2. The van der Waals surface area contributed by atoms with Crippen molar-refractivity contribution in [1.29, 1.82) is 0 Å². The van der Waals surface area contributed by atoms with Gasteiger partial charge in [-0.3, -0.25) is 4.99 Å². The minimum atomic E-state index is 0.142. The number of hydrogen-bond acceptors (Lipinski definition) is 3. The first-order valence-electron chi connectivity index (χ1n) is 11.4. The maximum atomic E-state index is 6.19. The molecule has 1 saturated carbocycles. The van der Waals surface area contributed by atoms with E-state index in [9.17, 15) is 0 Å². The number of nitrogens with zero attached hydrogens (tertiary/aromatic N) is 1. The third-order valence-electron chi connectivity index (χ3n) is 7.07. The minimum absolute atomic E-state index is 0.142. The summed E-state index contributed by atoms with van der Waals surface area (Å²) in [6, 6.07) is 9.20. The fourth-order valence-corrected chi connectivity index (χ4v) is 5.45. The fourth-order valence-electron chi connectivity index (χ4n) is 5.45. The van der Waals surface area contributed by atoms with Crippen LogP contribution in [0.5, 0.6) is 0 Å². The first-order chi connectivity index (χ1) is 14.0. The molecule has 0 bridgehead atoms. The van der Waals surface area contributed by atoms with Gasteiger partial charge in [0.15, 0.2) is 5.96 Å². The van der Waals surface area contributed by atoms with Crippen molar-refractivity contribution in [3.05, 3.63) is 35.4 Å².